The Balaban J connectivity index is 1.61. The number of carbonyl (C=O) groups is 1. The second-order valence-electron chi connectivity index (χ2n) is 6.47. The molecule has 1 atom stereocenters. The highest BCUT2D eigenvalue weighted by Crippen LogP contribution is 2.34. The number of benzene rings is 2. The molecule has 1 N–H and O–H groups in total. The molecule has 1 aliphatic heterocycles. The van der Waals surface area contributed by atoms with Crippen LogP contribution in [0, 0.1) is 0 Å². The molecule has 5 heteroatoms. The van der Waals surface area contributed by atoms with Crippen molar-refractivity contribution in [1.29, 1.82) is 0 Å². The zero-order valence-corrected chi connectivity index (χ0v) is 14.9. The highest BCUT2D eigenvalue weighted by molar-refractivity contribution is 5.99. The molecule has 2 aromatic carbocycles. The van der Waals surface area contributed by atoms with Crippen molar-refractivity contribution in [3.63, 3.8) is 0 Å². The lowest BCUT2D eigenvalue weighted by molar-refractivity contribution is 0.0715. The maximum Gasteiger partial charge on any atom is 0.255 e. The molecule has 0 aliphatic carbocycles. The molecule has 0 spiro atoms. The van der Waals surface area contributed by atoms with Gasteiger partial charge in [-0.1, -0.05) is 24.3 Å². The monoisotopic (exact) mass is 347 g/mol. The summed E-state index contributed by atoms with van der Waals surface area (Å²) in [7, 11) is 0. The molecule has 0 saturated heterocycles. The van der Waals surface area contributed by atoms with E-state index in [9.17, 15) is 4.79 Å². The standard InChI is InChI=1S/C21H21N3O2/c1-3-26-19-6-4-5-15(9-19)14(2)24-13-17-8-7-16(10-20(17)21(24)25)18-11-22-23-12-18/h4-12,14H,3,13H2,1-2H3,(H,22,23)/t14-/m1/s1. The quantitative estimate of drug-likeness (QED) is 0.753. The van der Waals surface area contributed by atoms with E-state index in [0.29, 0.717) is 13.2 Å². The van der Waals surface area contributed by atoms with Gasteiger partial charge in [0.1, 0.15) is 5.75 Å². The van der Waals surface area contributed by atoms with Gasteiger partial charge in [-0.05, 0) is 48.7 Å². The van der Waals surface area contributed by atoms with E-state index >= 15 is 0 Å². The molecular formula is C21H21N3O2. The van der Waals surface area contributed by atoms with Crippen LogP contribution in [0.5, 0.6) is 5.75 Å². The van der Waals surface area contributed by atoms with Crippen molar-refractivity contribution in [2.75, 3.05) is 6.61 Å². The van der Waals surface area contributed by atoms with E-state index in [1.165, 1.54) is 0 Å². The first-order chi connectivity index (χ1) is 12.7. The minimum atomic E-state index is -0.0207. The van der Waals surface area contributed by atoms with Gasteiger partial charge in [-0.3, -0.25) is 9.89 Å². The lowest BCUT2D eigenvalue weighted by Crippen LogP contribution is -2.27. The molecule has 1 aliphatic rings. The molecule has 0 saturated carbocycles. The molecule has 4 rings (SSSR count). The van der Waals surface area contributed by atoms with Crippen LogP contribution in [0.15, 0.2) is 54.9 Å². The molecule has 0 bridgehead atoms. The number of aromatic amines is 1. The van der Waals surface area contributed by atoms with Crippen molar-refractivity contribution in [2.24, 2.45) is 0 Å². The Morgan fingerprint density at radius 2 is 2.12 bits per heavy atom. The summed E-state index contributed by atoms with van der Waals surface area (Å²) >= 11 is 0. The van der Waals surface area contributed by atoms with E-state index in [0.717, 1.165) is 33.6 Å². The van der Waals surface area contributed by atoms with Crippen molar-refractivity contribution in [2.45, 2.75) is 26.4 Å². The molecule has 5 nitrogen and oxygen atoms in total. The third-order valence-electron chi connectivity index (χ3n) is 4.89. The fraction of sp³-hybridized carbons (Fsp3) is 0.238. The molecule has 2 heterocycles. The van der Waals surface area contributed by atoms with Crippen LogP contribution in [0.1, 0.15) is 41.4 Å². The van der Waals surface area contributed by atoms with Crippen LogP contribution in [-0.2, 0) is 6.54 Å². The molecule has 3 aromatic rings. The number of rotatable bonds is 5. The molecule has 0 fully saturated rings. The van der Waals surface area contributed by atoms with E-state index in [4.69, 9.17) is 4.74 Å². The van der Waals surface area contributed by atoms with Gasteiger partial charge in [-0.25, -0.2) is 0 Å². The third-order valence-corrected chi connectivity index (χ3v) is 4.89. The minimum Gasteiger partial charge on any atom is -0.494 e. The molecular weight excluding hydrogens is 326 g/mol. The first kappa shape index (κ1) is 16.4. The number of nitrogens with one attached hydrogen (secondary N) is 1. The largest absolute Gasteiger partial charge is 0.494 e. The van der Waals surface area contributed by atoms with Crippen LogP contribution in [0.2, 0.25) is 0 Å². The average molecular weight is 347 g/mol. The highest BCUT2D eigenvalue weighted by atomic mass is 16.5. The number of H-pyrrole nitrogens is 1. The van der Waals surface area contributed by atoms with Gasteiger partial charge in [0.25, 0.3) is 5.91 Å². The van der Waals surface area contributed by atoms with E-state index in [1.807, 2.05) is 60.5 Å². The van der Waals surface area contributed by atoms with Gasteiger partial charge in [0.05, 0.1) is 18.8 Å². The van der Waals surface area contributed by atoms with E-state index in [-0.39, 0.29) is 11.9 Å². The molecule has 132 valence electrons. The number of amides is 1. The van der Waals surface area contributed by atoms with Crippen LogP contribution < -0.4 is 4.74 Å². The molecule has 1 amide bonds. The number of hydrogen-bond acceptors (Lipinski definition) is 3. The maximum atomic E-state index is 13.0. The zero-order chi connectivity index (χ0) is 18.1. The van der Waals surface area contributed by atoms with Gasteiger partial charge in [-0.15, -0.1) is 0 Å². The summed E-state index contributed by atoms with van der Waals surface area (Å²) in [4.78, 5) is 14.9. The number of nitrogens with zero attached hydrogens (tertiary/aromatic N) is 2. The lowest BCUT2D eigenvalue weighted by atomic mass is 10.0. The van der Waals surface area contributed by atoms with E-state index in [1.54, 1.807) is 6.20 Å². The lowest BCUT2D eigenvalue weighted by Gasteiger charge is -2.25. The van der Waals surface area contributed by atoms with Crippen molar-refractivity contribution < 1.29 is 9.53 Å². The van der Waals surface area contributed by atoms with Crippen LogP contribution in [0.4, 0.5) is 0 Å². The topological polar surface area (TPSA) is 58.2 Å². The van der Waals surface area contributed by atoms with Gasteiger partial charge in [-0.2, -0.15) is 5.10 Å². The van der Waals surface area contributed by atoms with Gasteiger partial charge < -0.3 is 9.64 Å². The summed E-state index contributed by atoms with van der Waals surface area (Å²) in [6, 6.07) is 14.0. The van der Waals surface area contributed by atoms with Crippen molar-refractivity contribution in [3.8, 4) is 16.9 Å². The summed E-state index contributed by atoms with van der Waals surface area (Å²) in [6.07, 6.45) is 3.60. The number of hydrogen-bond donors (Lipinski definition) is 1. The Kier molecular flexibility index (Phi) is 4.21. The van der Waals surface area contributed by atoms with Crippen molar-refractivity contribution in [3.05, 3.63) is 71.5 Å². The summed E-state index contributed by atoms with van der Waals surface area (Å²) in [5.41, 5.74) is 4.90. The maximum absolute atomic E-state index is 13.0. The SMILES string of the molecule is CCOc1cccc([C@@H](C)N2Cc3ccc(-c4cn[nH]c4)cc3C2=O)c1. The fourth-order valence-electron chi connectivity index (χ4n) is 3.44. The Morgan fingerprint density at radius 1 is 1.23 bits per heavy atom. The Hall–Kier alpha value is -3.08. The van der Waals surface area contributed by atoms with E-state index < -0.39 is 0 Å². The summed E-state index contributed by atoms with van der Waals surface area (Å²) in [5.74, 6) is 0.905. The van der Waals surface area contributed by atoms with Crippen LogP contribution in [-0.4, -0.2) is 27.6 Å². The predicted octanol–water partition coefficient (Wildman–Crippen LogP) is 4.19. The Morgan fingerprint density at radius 3 is 2.88 bits per heavy atom. The van der Waals surface area contributed by atoms with Crippen molar-refractivity contribution >= 4 is 5.91 Å². The number of aromatic nitrogens is 2. The molecule has 26 heavy (non-hydrogen) atoms. The summed E-state index contributed by atoms with van der Waals surface area (Å²) < 4.78 is 5.59. The van der Waals surface area contributed by atoms with E-state index in [2.05, 4.69) is 17.1 Å². The van der Waals surface area contributed by atoms with Crippen molar-refractivity contribution in [1.82, 2.24) is 15.1 Å². The van der Waals surface area contributed by atoms with Crippen LogP contribution in [0.3, 0.4) is 0 Å². The second-order valence-corrected chi connectivity index (χ2v) is 6.47. The van der Waals surface area contributed by atoms with Gasteiger partial charge in [0.15, 0.2) is 0 Å². The number of fused-ring (bicyclic) bond motifs is 1. The predicted molar refractivity (Wildman–Crippen MR) is 99.9 cm³/mol. The Bertz CT molecular complexity index is 934. The highest BCUT2D eigenvalue weighted by Gasteiger charge is 2.31. The first-order valence-electron chi connectivity index (χ1n) is 8.83. The average Bonchev–Trinajstić information content (AvgIpc) is 3.30. The second kappa shape index (κ2) is 6.67. The van der Waals surface area contributed by atoms with Gasteiger partial charge in [0.2, 0.25) is 0 Å². The van der Waals surface area contributed by atoms with Gasteiger partial charge >= 0.3 is 0 Å². The minimum absolute atomic E-state index is 0.0207. The smallest absolute Gasteiger partial charge is 0.255 e. The van der Waals surface area contributed by atoms with Crippen LogP contribution in [0.25, 0.3) is 11.1 Å². The molecule has 0 unspecified atom stereocenters. The number of carbonyl (C=O) groups excluding carboxylic acids is 1. The normalized spacial score (nSPS) is 14.4. The molecule has 1 aromatic heterocycles. The van der Waals surface area contributed by atoms with Crippen LogP contribution >= 0.6 is 0 Å². The summed E-state index contributed by atoms with van der Waals surface area (Å²) in [5, 5.41) is 6.80. The third kappa shape index (κ3) is 2.86. The Labute approximate surface area is 152 Å². The summed E-state index contributed by atoms with van der Waals surface area (Å²) in [6.45, 7) is 5.28. The number of ether oxygens (including phenoxy) is 1. The zero-order valence-electron chi connectivity index (χ0n) is 14.9. The van der Waals surface area contributed by atoms with Gasteiger partial charge in [0, 0.05) is 23.9 Å². The molecule has 0 radical (unpaired) electrons. The first-order valence-corrected chi connectivity index (χ1v) is 8.83. The fourth-order valence-corrected chi connectivity index (χ4v) is 3.44.